The third-order valence-corrected chi connectivity index (χ3v) is 7.50. The van der Waals surface area contributed by atoms with Crippen LogP contribution in [0.25, 0.3) is 22.3 Å². The average molecular weight is 525 g/mol. The molecular weight excluding hydrogens is 492 g/mol. The maximum absolute atomic E-state index is 8.96. The van der Waals surface area contributed by atoms with Crippen molar-refractivity contribution in [2.45, 2.75) is 5.41 Å². The fourth-order valence-electron chi connectivity index (χ4n) is 6.05. The molecule has 2 N–H and O–H groups in total. The molecule has 0 saturated heterocycles. The summed E-state index contributed by atoms with van der Waals surface area (Å²) in [5.74, 6) is 1.57. The molecule has 4 aromatic carbocycles. The van der Waals surface area contributed by atoms with E-state index in [1.54, 1.807) is 0 Å². The number of aliphatic hydroxyl groups is 2. The van der Waals surface area contributed by atoms with Crippen molar-refractivity contribution in [1.29, 1.82) is 0 Å². The number of ether oxygens (including phenoxy) is 4. The minimum absolute atomic E-state index is 0.000170. The van der Waals surface area contributed by atoms with E-state index < -0.39 is 5.41 Å². The van der Waals surface area contributed by atoms with Crippen LogP contribution in [0.2, 0.25) is 0 Å². The monoisotopic (exact) mass is 524 g/mol. The molecule has 0 fully saturated rings. The molecule has 4 aromatic rings. The average Bonchev–Trinajstić information content (AvgIpc) is 3.43. The fraction of sp³-hybridized carbons (Fsp3) is 0.273. The minimum atomic E-state index is -0.503. The zero-order valence-electron chi connectivity index (χ0n) is 21.8. The third-order valence-electron chi connectivity index (χ3n) is 7.50. The topological polar surface area (TPSA) is 77.4 Å². The summed E-state index contributed by atoms with van der Waals surface area (Å²) in [6, 6.07) is 30.0. The van der Waals surface area contributed by atoms with E-state index in [0.717, 1.165) is 11.5 Å². The second kappa shape index (κ2) is 11.2. The van der Waals surface area contributed by atoms with Gasteiger partial charge in [0.15, 0.2) is 0 Å². The van der Waals surface area contributed by atoms with E-state index in [-0.39, 0.29) is 13.2 Å². The lowest BCUT2D eigenvalue weighted by atomic mass is 9.70. The highest BCUT2D eigenvalue weighted by Gasteiger charge is 2.51. The predicted octanol–water partition coefficient (Wildman–Crippen LogP) is 4.81. The maximum atomic E-state index is 8.96. The summed E-state index contributed by atoms with van der Waals surface area (Å²) in [5, 5.41) is 17.9. The van der Waals surface area contributed by atoms with Gasteiger partial charge in [-0.2, -0.15) is 0 Å². The van der Waals surface area contributed by atoms with Crippen molar-refractivity contribution in [3.63, 3.8) is 0 Å². The van der Waals surface area contributed by atoms with E-state index in [1.807, 2.05) is 12.1 Å². The molecule has 6 nitrogen and oxygen atoms in total. The smallest absolute Gasteiger partial charge is 0.119 e. The summed E-state index contributed by atoms with van der Waals surface area (Å²) in [7, 11) is 0. The minimum Gasteiger partial charge on any atom is -0.491 e. The van der Waals surface area contributed by atoms with Crippen molar-refractivity contribution in [2.24, 2.45) is 0 Å². The number of benzene rings is 4. The van der Waals surface area contributed by atoms with Crippen LogP contribution in [-0.4, -0.2) is 63.1 Å². The van der Waals surface area contributed by atoms with Gasteiger partial charge in [-0.3, -0.25) is 0 Å². The van der Waals surface area contributed by atoms with Crippen molar-refractivity contribution in [3.05, 3.63) is 107 Å². The normalized spacial score (nSPS) is 13.6. The Hall–Kier alpha value is -3.68. The Labute approximate surface area is 228 Å². The second-order valence-electron chi connectivity index (χ2n) is 9.62. The first-order valence-corrected chi connectivity index (χ1v) is 13.4. The van der Waals surface area contributed by atoms with Crippen LogP contribution < -0.4 is 9.47 Å². The Morgan fingerprint density at radius 2 is 0.897 bits per heavy atom. The fourth-order valence-corrected chi connectivity index (χ4v) is 6.05. The van der Waals surface area contributed by atoms with E-state index in [1.165, 1.54) is 44.5 Å². The number of rotatable bonds is 12. The quantitative estimate of drug-likeness (QED) is 0.224. The molecule has 6 rings (SSSR count). The van der Waals surface area contributed by atoms with Gasteiger partial charge in [-0.05, 0) is 68.8 Å². The summed E-state index contributed by atoms with van der Waals surface area (Å²) in [4.78, 5) is 0. The van der Waals surface area contributed by atoms with Gasteiger partial charge in [-0.15, -0.1) is 0 Å². The summed E-state index contributed by atoms with van der Waals surface area (Å²) in [5.41, 5.74) is 9.20. The zero-order chi connectivity index (χ0) is 26.7. The highest BCUT2D eigenvalue weighted by atomic mass is 16.5. The van der Waals surface area contributed by atoms with Gasteiger partial charge in [-0.25, -0.2) is 0 Å². The Kier molecular flexibility index (Phi) is 7.35. The first-order chi connectivity index (χ1) is 19.3. The molecule has 0 saturated carbocycles. The van der Waals surface area contributed by atoms with Crippen LogP contribution in [0.1, 0.15) is 22.3 Å². The molecule has 0 radical (unpaired) electrons. The largest absolute Gasteiger partial charge is 0.491 e. The number of fused-ring (bicyclic) bond motifs is 10. The summed E-state index contributed by atoms with van der Waals surface area (Å²) in [6.07, 6.45) is 0. The van der Waals surface area contributed by atoms with Gasteiger partial charge in [0, 0.05) is 0 Å². The summed E-state index contributed by atoms with van der Waals surface area (Å²) >= 11 is 0. The van der Waals surface area contributed by atoms with E-state index >= 15 is 0 Å². The lowest BCUT2D eigenvalue weighted by Crippen LogP contribution is -2.26. The standard InChI is InChI=1S/C33H32O6/c34-13-15-36-17-19-38-23-9-11-27-25-5-1-3-7-29(25)33(31(27)21-23)30-8-4-2-6-26(30)28-12-10-24(22-32(28)33)39-20-18-37-16-14-35/h1-12,21-22,34-35H,13-20H2. The van der Waals surface area contributed by atoms with Crippen LogP contribution >= 0.6 is 0 Å². The molecule has 0 aromatic heterocycles. The molecule has 0 amide bonds. The van der Waals surface area contributed by atoms with Gasteiger partial charge in [0.25, 0.3) is 0 Å². The summed E-state index contributed by atoms with van der Waals surface area (Å²) in [6.45, 7) is 2.24. The van der Waals surface area contributed by atoms with Crippen molar-refractivity contribution in [1.82, 2.24) is 0 Å². The van der Waals surface area contributed by atoms with Crippen LogP contribution in [-0.2, 0) is 14.9 Å². The molecule has 0 heterocycles. The molecule has 0 atom stereocenters. The first kappa shape index (κ1) is 25.6. The van der Waals surface area contributed by atoms with Gasteiger partial charge < -0.3 is 29.2 Å². The van der Waals surface area contributed by atoms with Gasteiger partial charge in [0.05, 0.1) is 45.1 Å². The lowest BCUT2D eigenvalue weighted by Gasteiger charge is -2.30. The summed E-state index contributed by atoms with van der Waals surface area (Å²) < 4.78 is 23.0. The van der Waals surface area contributed by atoms with Crippen molar-refractivity contribution < 1.29 is 29.2 Å². The maximum Gasteiger partial charge on any atom is 0.119 e. The number of aliphatic hydroxyl groups excluding tert-OH is 2. The zero-order valence-corrected chi connectivity index (χ0v) is 21.8. The van der Waals surface area contributed by atoms with Crippen LogP contribution in [0.4, 0.5) is 0 Å². The molecule has 200 valence electrons. The molecule has 39 heavy (non-hydrogen) atoms. The van der Waals surface area contributed by atoms with Gasteiger partial charge in [0.2, 0.25) is 0 Å². The third kappa shape index (κ3) is 4.39. The molecule has 6 heteroatoms. The van der Waals surface area contributed by atoms with Crippen LogP contribution in [0, 0.1) is 0 Å². The van der Waals surface area contributed by atoms with E-state index in [0.29, 0.717) is 39.6 Å². The van der Waals surface area contributed by atoms with Gasteiger partial charge >= 0.3 is 0 Å². The Morgan fingerprint density at radius 3 is 1.36 bits per heavy atom. The lowest BCUT2D eigenvalue weighted by molar-refractivity contribution is 0.0705. The van der Waals surface area contributed by atoms with E-state index in [4.69, 9.17) is 29.2 Å². The van der Waals surface area contributed by atoms with E-state index in [2.05, 4.69) is 72.8 Å². The molecule has 0 aliphatic heterocycles. The van der Waals surface area contributed by atoms with Crippen LogP contribution in [0.5, 0.6) is 11.5 Å². The van der Waals surface area contributed by atoms with E-state index in [9.17, 15) is 0 Å². The predicted molar refractivity (Wildman–Crippen MR) is 150 cm³/mol. The highest BCUT2D eigenvalue weighted by molar-refractivity contribution is 5.95. The molecule has 1 spiro atoms. The molecule has 2 aliphatic carbocycles. The Morgan fingerprint density at radius 1 is 0.462 bits per heavy atom. The molecule has 2 aliphatic rings. The van der Waals surface area contributed by atoms with Gasteiger partial charge in [0.1, 0.15) is 24.7 Å². The molecule has 0 bridgehead atoms. The van der Waals surface area contributed by atoms with Crippen molar-refractivity contribution >= 4 is 0 Å². The highest BCUT2D eigenvalue weighted by Crippen LogP contribution is 2.63. The van der Waals surface area contributed by atoms with Crippen LogP contribution in [0.15, 0.2) is 84.9 Å². The number of hydrogen-bond donors (Lipinski definition) is 2. The molecular formula is C33H32O6. The van der Waals surface area contributed by atoms with Crippen molar-refractivity contribution in [2.75, 3.05) is 52.9 Å². The van der Waals surface area contributed by atoms with Crippen LogP contribution in [0.3, 0.4) is 0 Å². The first-order valence-electron chi connectivity index (χ1n) is 13.4. The van der Waals surface area contributed by atoms with Gasteiger partial charge in [-0.1, -0.05) is 60.7 Å². The molecule has 0 unspecified atom stereocenters. The Balaban J connectivity index is 1.45. The number of hydrogen-bond acceptors (Lipinski definition) is 6. The second-order valence-corrected chi connectivity index (χ2v) is 9.62. The SMILES string of the molecule is OCCOCCOc1ccc2c(c1)C1(c3ccccc3-2)c2ccccc2-c2ccc(OCCOCCO)cc21. The van der Waals surface area contributed by atoms with Crippen molar-refractivity contribution in [3.8, 4) is 33.8 Å². The Bertz CT molecular complexity index is 1350.